The van der Waals surface area contributed by atoms with Crippen molar-refractivity contribution in [3.8, 4) is 0 Å². The summed E-state index contributed by atoms with van der Waals surface area (Å²) in [6.45, 7) is 0. The summed E-state index contributed by atoms with van der Waals surface area (Å²) in [7, 11) is 0. The molecule has 2 aliphatic rings. The molecule has 0 saturated heterocycles. The van der Waals surface area contributed by atoms with Crippen molar-refractivity contribution in [2.75, 3.05) is 0 Å². The Balaban J connectivity index is 2.29. The van der Waals surface area contributed by atoms with Crippen LogP contribution in [0.3, 0.4) is 0 Å². The molecule has 0 radical (unpaired) electrons. The molecule has 68 valence electrons. The van der Waals surface area contributed by atoms with Gasteiger partial charge in [-0.1, -0.05) is 24.3 Å². The molecule has 1 aromatic rings. The summed E-state index contributed by atoms with van der Waals surface area (Å²) >= 11 is 0. The molecule has 1 aliphatic carbocycles. The van der Waals surface area contributed by atoms with Crippen molar-refractivity contribution in [1.29, 1.82) is 0 Å². The van der Waals surface area contributed by atoms with Crippen LogP contribution >= 0.6 is 0 Å². The normalized spacial score (nSPS) is 22.6. The van der Waals surface area contributed by atoms with Gasteiger partial charge in [0.05, 0.1) is 22.5 Å². The molecule has 1 aromatic carbocycles. The highest BCUT2D eigenvalue weighted by Crippen LogP contribution is 2.17. The highest BCUT2D eigenvalue weighted by Gasteiger charge is 2.15. The quantitative estimate of drug-likeness (QED) is 0.575. The van der Waals surface area contributed by atoms with E-state index in [2.05, 4.69) is 22.1 Å². The second kappa shape index (κ2) is 2.91. The number of hydrogen-bond acceptors (Lipinski definition) is 2. The minimum absolute atomic E-state index is 0.245. The van der Waals surface area contributed by atoms with Gasteiger partial charge in [-0.05, 0) is 24.6 Å². The van der Waals surface area contributed by atoms with Gasteiger partial charge >= 0.3 is 0 Å². The van der Waals surface area contributed by atoms with E-state index < -0.39 is 0 Å². The molecule has 1 aliphatic heterocycles. The van der Waals surface area contributed by atoms with E-state index in [1.54, 1.807) is 0 Å². The molecule has 0 bridgehead atoms. The Morgan fingerprint density at radius 1 is 1.14 bits per heavy atom. The van der Waals surface area contributed by atoms with E-state index in [1.165, 1.54) is 0 Å². The maximum absolute atomic E-state index is 4.65. The molecule has 0 spiro atoms. The van der Waals surface area contributed by atoms with Gasteiger partial charge in [0, 0.05) is 0 Å². The lowest BCUT2D eigenvalue weighted by atomic mass is 10.0. The number of allylic oxidation sites excluding steroid dienone is 2. The van der Waals surface area contributed by atoms with Crippen molar-refractivity contribution >= 4 is 0 Å². The van der Waals surface area contributed by atoms with E-state index in [4.69, 9.17) is 0 Å². The van der Waals surface area contributed by atoms with Crippen LogP contribution in [-0.2, 0) is 0 Å². The number of fused-ring (bicyclic) bond motifs is 2. The van der Waals surface area contributed by atoms with Crippen LogP contribution in [0.2, 0.25) is 0 Å². The molecular weight excluding hydrogens is 172 g/mol. The first kappa shape index (κ1) is 7.68. The van der Waals surface area contributed by atoms with E-state index in [9.17, 15) is 0 Å². The predicted molar refractivity (Wildman–Crippen MR) is 54.4 cm³/mol. The summed E-state index contributed by atoms with van der Waals surface area (Å²) in [6.07, 6.45) is 7.22. The zero-order valence-corrected chi connectivity index (χ0v) is 7.72. The Kier molecular flexibility index (Phi) is 1.60. The molecule has 1 atom stereocenters. The number of para-hydroxylation sites is 2. The van der Waals surface area contributed by atoms with Crippen LogP contribution in [-0.4, -0.2) is 6.04 Å². The maximum Gasteiger partial charge on any atom is 0.0962 e. The molecule has 0 N–H and O–H groups in total. The van der Waals surface area contributed by atoms with Gasteiger partial charge in [0.15, 0.2) is 0 Å². The van der Waals surface area contributed by atoms with Gasteiger partial charge in [-0.15, -0.1) is 0 Å². The Labute approximate surface area is 82.0 Å². The van der Waals surface area contributed by atoms with E-state index >= 15 is 0 Å². The Bertz CT molecular complexity index is 538. The van der Waals surface area contributed by atoms with Crippen LogP contribution in [0.4, 0.5) is 0 Å². The van der Waals surface area contributed by atoms with E-state index in [0.29, 0.717) is 0 Å². The zero-order chi connectivity index (χ0) is 9.38. The van der Waals surface area contributed by atoms with Crippen molar-refractivity contribution in [3.05, 3.63) is 58.9 Å². The van der Waals surface area contributed by atoms with Crippen LogP contribution in [0.15, 0.2) is 58.2 Å². The third-order valence-corrected chi connectivity index (χ3v) is 2.53. The average molecular weight is 182 g/mol. The van der Waals surface area contributed by atoms with Gasteiger partial charge in [0.25, 0.3) is 0 Å². The summed E-state index contributed by atoms with van der Waals surface area (Å²) in [6, 6.07) is 8.28. The highest BCUT2D eigenvalue weighted by molar-refractivity contribution is 5.25. The maximum atomic E-state index is 4.65. The third kappa shape index (κ3) is 1.11. The lowest BCUT2D eigenvalue weighted by Crippen LogP contribution is -2.32. The van der Waals surface area contributed by atoms with Crippen LogP contribution < -0.4 is 10.7 Å². The van der Waals surface area contributed by atoms with E-state index in [-0.39, 0.29) is 6.04 Å². The van der Waals surface area contributed by atoms with Crippen molar-refractivity contribution < 1.29 is 0 Å². The summed E-state index contributed by atoms with van der Waals surface area (Å²) in [4.78, 5) is 9.24. The number of hydrogen-bond donors (Lipinski definition) is 0. The van der Waals surface area contributed by atoms with Crippen LogP contribution in [0.1, 0.15) is 6.42 Å². The van der Waals surface area contributed by atoms with Gasteiger partial charge in [-0.2, -0.15) is 0 Å². The Morgan fingerprint density at radius 3 is 2.93 bits per heavy atom. The molecule has 0 amide bonds. The molecule has 2 nitrogen and oxygen atoms in total. The summed E-state index contributed by atoms with van der Waals surface area (Å²) < 4.78 is 0. The lowest BCUT2D eigenvalue weighted by Gasteiger charge is -2.16. The molecule has 14 heavy (non-hydrogen) atoms. The first-order valence-corrected chi connectivity index (χ1v) is 4.82. The minimum Gasteiger partial charge on any atom is -0.273 e. The number of benzene rings is 1. The Morgan fingerprint density at radius 2 is 2.00 bits per heavy atom. The van der Waals surface area contributed by atoms with E-state index in [1.807, 2.05) is 30.3 Å². The summed E-state index contributed by atoms with van der Waals surface area (Å²) in [5.74, 6) is 0. The third-order valence-electron chi connectivity index (χ3n) is 2.53. The van der Waals surface area contributed by atoms with Gasteiger partial charge in [-0.25, -0.2) is 4.99 Å². The van der Waals surface area contributed by atoms with Crippen molar-refractivity contribution in [1.82, 2.24) is 0 Å². The smallest absolute Gasteiger partial charge is 0.0962 e. The molecule has 2 heteroatoms. The number of rotatable bonds is 0. The summed E-state index contributed by atoms with van der Waals surface area (Å²) in [5.41, 5.74) is 1.09. The monoisotopic (exact) mass is 182 g/mol. The molecule has 0 saturated carbocycles. The van der Waals surface area contributed by atoms with Crippen LogP contribution in [0, 0.1) is 0 Å². The van der Waals surface area contributed by atoms with Gasteiger partial charge < -0.3 is 0 Å². The predicted octanol–water partition coefficient (Wildman–Crippen LogP) is 1.15. The summed E-state index contributed by atoms with van der Waals surface area (Å²) in [5, 5.41) is 2.01. The second-order valence-corrected chi connectivity index (χ2v) is 3.50. The van der Waals surface area contributed by atoms with Gasteiger partial charge in [0.2, 0.25) is 0 Å². The molecule has 0 aromatic heterocycles. The fourth-order valence-corrected chi connectivity index (χ4v) is 1.81. The molecule has 0 fully saturated rings. The Hall–Kier alpha value is -1.70. The lowest BCUT2D eigenvalue weighted by molar-refractivity contribution is 0.715. The highest BCUT2D eigenvalue weighted by atomic mass is 14.9. The minimum atomic E-state index is 0.245. The average Bonchev–Trinajstić information content (AvgIpc) is 2.26. The topological polar surface area (TPSA) is 24.7 Å². The molecule has 3 rings (SSSR count). The SMILES string of the molecule is C1=CCC2N=c3ccccc3=NC2=C1. The standard InChI is InChI=1S/C12H10N2/c1-2-6-10-9(5-1)13-11-7-3-4-8-12(11)14-10/h1-7,12H,8H2. The fraction of sp³-hybridized carbons (Fsp3) is 0.167. The second-order valence-electron chi connectivity index (χ2n) is 3.50. The first-order valence-electron chi connectivity index (χ1n) is 4.82. The van der Waals surface area contributed by atoms with Crippen LogP contribution in [0.5, 0.6) is 0 Å². The molecule has 1 unspecified atom stereocenters. The van der Waals surface area contributed by atoms with Gasteiger partial charge in [0.1, 0.15) is 0 Å². The fourth-order valence-electron chi connectivity index (χ4n) is 1.81. The molecule has 1 heterocycles. The van der Waals surface area contributed by atoms with E-state index in [0.717, 1.165) is 22.8 Å². The zero-order valence-electron chi connectivity index (χ0n) is 7.72. The van der Waals surface area contributed by atoms with Crippen molar-refractivity contribution in [2.24, 2.45) is 9.98 Å². The van der Waals surface area contributed by atoms with Crippen molar-refractivity contribution in [2.45, 2.75) is 12.5 Å². The number of nitrogens with zero attached hydrogens (tertiary/aromatic N) is 2. The largest absolute Gasteiger partial charge is 0.273 e. The van der Waals surface area contributed by atoms with Gasteiger partial charge in [-0.3, -0.25) is 4.99 Å². The van der Waals surface area contributed by atoms with Crippen LogP contribution in [0.25, 0.3) is 0 Å². The van der Waals surface area contributed by atoms with Crippen molar-refractivity contribution in [3.63, 3.8) is 0 Å². The first-order chi connectivity index (χ1) is 6.93. The molecular formula is C12H10N2.